The van der Waals surface area contributed by atoms with Crippen molar-refractivity contribution in [3.63, 3.8) is 0 Å². The minimum Gasteiger partial charge on any atom is -0.0988 e. The number of benzene rings is 1. The Balaban J connectivity index is 2.67. The van der Waals surface area contributed by atoms with Crippen LogP contribution >= 0.6 is 0 Å². The molecule has 0 nitrogen and oxygen atoms in total. The van der Waals surface area contributed by atoms with Crippen molar-refractivity contribution in [3.8, 4) is 0 Å². The summed E-state index contributed by atoms with van der Waals surface area (Å²) in [6.07, 6.45) is 7.00. The lowest BCUT2D eigenvalue weighted by Crippen LogP contribution is -1.86. The first-order valence-corrected chi connectivity index (χ1v) is 5.82. The molecule has 0 N–H and O–H groups in total. The largest absolute Gasteiger partial charge is 0.0988 e. The monoisotopic (exact) mass is 224 g/mol. The van der Waals surface area contributed by atoms with E-state index < -0.39 is 0 Å². The normalized spacial score (nSPS) is 12.4. The molecule has 17 heavy (non-hydrogen) atoms. The van der Waals surface area contributed by atoms with Gasteiger partial charge in [-0.15, -0.1) is 0 Å². The van der Waals surface area contributed by atoms with E-state index in [1.165, 1.54) is 16.7 Å². The maximum Gasteiger partial charge on any atom is -0.00315 e. The Kier molecular flexibility index (Phi) is 5.22. The summed E-state index contributed by atoms with van der Waals surface area (Å²) < 4.78 is 0. The van der Waals surface area contributed by atoms with Gasteiger partial charge in [0.05, 0.1) is 0 Å². The molecule has 1 rings (SSSR count). The molecule has 1 aromatic carbocycles. The van der Waals surface area contributed by atoms with E-state index in [-0.39, 0.29) is 0 Å². The summed E-state index contributed by atoms with van der Waals surface area (Å²) in [6.45, 7) is 12.0. The van der Waals surface area contributed by atoms with Gasteiger partial charge in [-0.2, -0.15) is 0 Å². The SMILES string of the molecule is C=C/C(C)=C/C(C)=C\C(=C)Cc1ccccc1. The fourth-order valence-electron chi connectivity index (χ4n) is 1.69. The van der Waals surface area contributed by atoms with Gasteiger partial charge in [0.15, 0.2) is 0 Å². The molecule has 0 saturated heterocycles. The summed E-state index contributed by atoms with van der Waals surface area (Å²) in [4.78, 5) is 0. The second-order valence-corrected chi connectivity index (χ2v) is 4.30. The third-order valence-electron chi connectivity index (χ3n) is 2.48. The highest BCUT2D eigenvalue weighted by Crippen LogP contribution is 2.11. The van der Waals surface area contributed by atoms with Gasteiger partial charge >= 0.3 is 0 Å². The van der Waals surface area contributed by atoms with Crippen LogP contribution in [0, 0.1) is 0 Å². The van der Waals surface area contributed by atoms with Crippen molar-refractivity contribution in [1.82, 2.24) is 0 Å². The van der Waals surface area contributed by atoms with Crippen LogP contribution in [0.5, 0.6) is 0 Å². The third-order valence-corrected chi connectivity index (χ3v) is 2.48. The fraction of sp³-hybridized carbons (Fsp3) is 0.176. The molecule has 0 spiro atoms. The zero-order valence-corrected chi connectivity index (χ0v) is 10.7. The van der Waals surface area contributed by atoms with Crippen LogP contribution in [0.25, 0.3) is 0 Å². The van der Waals surface area contributed by atoms with Gasteiger partial charge in [0.2, 0.25) is 0 Å². The van der Waals surface area contributed by atoms with E-state index in [2.05, 4.69) is 56.5 Å². The first-order chi connectivity index (χ1) is 8.11. The molecule has 0 fully saturated rings. The van der Waals surface area contributed by atoms with Crippen LogP contribution in [-0.4, -0.2) is 0 Å². The lowest BCUT2D eigenvalue weighted by atomic mass is 10.0. The van der Waals surface area contributed by atoms with Gasteiger partial charge in [0, 0.05) is 0 Å². The van der Waals surface area contributed by atoms with Crippen molar-refractivity contribution >= 4 is 0 Å². The van der Waals surface area contributed by atoms with Crippen LogP contribution in [0.3, 0.4) is 0 Å². The molecular formula is C17H20. The van der Waals surface area contributed by atoms with Crippen molar-refractivity contribution in [3.05, 3.63) is 84.0 Å². The molecule has 0 radical (unpaired) electrons. The number of rotatable bonds is 5. The van der Waals surface area contributed by atoms with Crippen LogP contribution in [-0.2, 0) is 6.42 Å². The molecule has 1 aromatic rings. The van der Waals surface area contributed by atoms with Gasteiger partial charge in [-0.25, -0.2) is 0 Å². The van der Waals surface area contributed by atoms with Crippen molar-refractivity contribution in [2.45, 2.75) is 20.3 Å². The summed E-state index contributed by atoms with van der Waals surface area (Å²) in [5.41, 5.74) is 4.81. The maximum atomic E-state index is 4.09. The van der Waals surface area contributed by atoms with Crippen LogP contribution in [0.15, 0.2) is 78.4 Å². The smallest absolute Gasteiger partial charge is 0.00315 e. The Morgan fingerprint density at radius 3 is 2.29 bits per heavy atom. The molecule has 0 aliphatic carbocycles. The molecule has 0 atom stereocenters. The highest BCUT2D eigenvalue weighted by molar-refractivity contribution is 5.34. The molecule has 0 aliphatic heterocycles. The zero-order chi connectivity index (χ0) is 12.7. The average molecular weight is 224 g/mol. The second-order valence-electron chi connectivity index (χ2n) is 4.30. The Morgan fingerprint density at radius 2 is 1.71 bits per heavy atom. The van der Waals surface area contributed by atoms with E-state index in [9.17, 15) is 0 Å². The van der Waals surface area contributed by atoms with E-state index in [0.29, 0.717) is 0 Å². The van der Waals surface area contributed by atoms with Crippen LogP contribution in [0.2, 0.25) is 0 Å². The van der Waals surface area contributed by atoms with E-state index in [0.717, 1.165) is 12.0 Å². The molecule has 0 heteroatoms. The predicted molar refractivity (Wildman–Crippen MR) is 77.0 cm³/mol. The van der Waals surface area contributed by atoms with E-state index in [4.69, 9.17) is 0 Å². The molecule has 88 valence electrons. The standard InChI is InChI=1S/C17H20/c1-5-14(2)11-15(3)12-16(4)13-17-9-7-6-8-10-17/h5-12H,1,4,13H2,2-3H3/b14-11+,15-12-. The van der Waals surface area contributed by atoms with Crippen molar-refractivity contribution in [2.24, 2.45) is 0 Å². The van der Waals surface area contributed by atoms with Crippen molar-refractivity contribution in [2.75, 3.05) is 0 Å². The molecule has 0 heterocycles. The third kappa shape index (κ3) is 5.17. The number of hydrogen-bond acceptors (Lipinski definition) is 0. The number of allylic oxidation sites excluding steroid dienone is 6. The minimum absolute atomic E-state index is 0.902. The summed E-state index contributed by atoms with van der Waals surface area (Å²) in [7, 11) is 0. The van der Waals surface area contributed by atoms with Gasteiger partial charge < -0.3 is 0 Å². The lowest BCUT2D eigenvalue weighted by Gasteiger charge is -2.02. The summed E-state index contributed by atoms with van der Waals surface area (Å²) in [5, 5.41) is 0. The van der Waals surface area contributed by atoms with E-state index in [1.807, 2.05) is 19.1 Å². The Labute approximate surface area is 105 Å². The highest BCUT2D eigenvalue weighted by atomic mass is 14.0. The van der Waals surface area contributed by atoms with Gasteiger partial charge in [-0.1, -0.05) is 78.4 Å². The van der Waals surface area contributed by atoms with Crippen molar-refractivity contribution < 1.29 is 0 Å². The lowest BCUT2D eigenvalue weighted by molar-refractivity contribution is 1.20. The van der Waals surface area contributed by atoms with Crippen molar-refractivity contribution in [1.29, 1.82) is 0 Å². The summed E-state index contributed by atoms with van der Waals surface area (Å²) in [6, 6.07) is 10.4. The molecule has 0 saturated carbocycles. The molecule has 0 amide bonds. The van der Waals surface area contributed by atoms with Gasteiger partial charge in [0.25, 0.3) is 0 Å². The van der Waals surface area contributed by atoms with Crippen LogP contribution in [0.4, 0.5) is 0 Å². The first-order valence-electron chi connectivity index (χ1n) is 5.82. The van der Waals surface area contributed by atoms with Crippen LogP contribution in [0.1, 0.15) is 19.4 Å². The van der Waals surface area contributed by atoms with Crippen LogP contribution < -0.4 is 0 Å². The molecule has 0 bridgehead atoms. The van der Waals surface area contributed by atoms with E-state index >= 15 is 0 Å². The quantitative estimate of drug-likeness (QED) is 0.626. The number of hydrogen-bond donors (Lipinski definition) is 0. The minimum atomic E-state index is 0.902. The van der Waals surface area contributed by atoms with Gasteiger partial charge in [-0.05, 0) is 25.8 Å². The predicted octanol–water partition coefficient (Wildman–Crippen LogP) is 4.86. The Morgan fingerprint density at radius 1 is 1.06 bits per heavy atom. The zero-order valence-electron chi connectivity index (χ0n) is 10.7. The molecule has 0 aromatic heterocycles. The second kappa shape index (κ2) is 6.70. The Bertz CT molecular complexity index is 444. The van der Waals surface area contributed by atoms with Gasteiger partial charge in [-0.3, -0.25) is 0 Å². The summed E-state index contributed by atoms with van der Waals surface area (Å²) in [5.74, 6) is 0. The average Bonchev–Trinajstić information content (AvgIpc) is 2.29. The van der Waals surface area contributed by atoms with Gasteiger partial charge in [0.1, 0.15) is 0 Å². The summed E-state index contributed by atoms with van der Waals surface area (Å²) >= 11 is 0. The highest BCUT2D eigenvalue weighted by Gasteiger charge is 1.94. The van der Waals surface area contributed by atoms with E-state index in [1.54, 1.807) is 0 Å². The molecule has 0 aliphatic rings. The molecule has 0 unspecified atom stereocenters. The topological polar surface area (TPSA) is 0 Å². The first kappa shape index (κ1) is 13.2. The molecular weight excluding hydrogens is 204 g/mol. The fourth-order valence-corrected chi connectivity index (χ4v) is 1.69. The Hall–Kier alpha value is -1.82. The maximum absolute atomic E-state index is 4.09.